The number of fused-ring (bicyclic) bond motifs is 2. The van der Waals surface area contributed by atoms with Crippen LogP contribution in [0.3, 0.4) is 0 Å². The van der Waals surface area contributed by atoms with Gasteiger partial charge in [-0.25, -0.2) is 9.59 Å². The van der Waals surface area contributed by atoms with Crippen LogP contribution in [-0.2, 0) is 0 Å². The molecule has 0 bridgehead atoms. The molecule has 6 rings (SSSR count). The van der Waals surface area contributed by atoms with Crippen LogP contribution in [0, 0.1) is 13.8 Å². The summed E-state index contributed by atoms with van der Waals surface area (Å²) in [7, 11) is 0. The molecule has 11 nitrogen and oxygen atoms in total. The number of benzene rings is 5. The number of aromatic nitrogens is 3. The van der Waals surface area contributed by atoms with Gasteiger partial charge in [0.15, 0.2) is 0 Å². The average Bonchev–Trinajstić information content (AvgIpc) is 3.55. The first-order valence-corrected chi connectivity index (χ1v) is 17.9. The summed E-state index contributed by atoms with van der Waals surface area (Å²) < 4.78 is 13.0. The van der Waals surface area contributed by atoms with Crippen molar-refractivity contribution < 1.29 is 29.0 Å². The molecule has 1 heterocycles. The second-order valence-corrected chi connectivity index (χ2v) is 13.3. The van der Waals surface area contributed by atoms with E-state index in [2.05, 4.69) is 15.6 Å². The van der Waals surface area contributed by atoms with Gasteiger partial charge in [0.2, 0.25) is 0 Å². The molecule has 0 atom stereocenters. The largest absolute Gasteiger partial charge is 0.506 e. The zero-order valence-electron chi connectivity index (χ0n) is 29.4. The number of phenols is 1. The lowest BCUT2D eigenvalue weighted by molar-refractivity contribution is 0.0736. The molecular formula is C40H37Cl2N5O6. The van der Waals surface area contributed by atoms with Gasteiger partial charge in [0, 0.05) is 23.9 Å². The van der Waals surface area contributed by atoms with E-state index in [0.717, 1.165) is 28.0 Å². The molecule has 0 spiro atoms. The number of nitrogens with zero attached hydrogens (tertiary/aromatic N) is 4. The number of para-hydroxylation sites is 1. The fourth-order valence-corrected chi connectivity index (χ4v) is 6.26. The fourth-order valence-electron chi connectivity index (χ4n) is 5.94. The molecule has 272 valence electrons. The molecule has 2 amide bonds. The second-order valence-electron chi connectivity index (χ2n) is 12.5. The molecule has 6 aromatic rings. The van der Waals surface area contributed by atoms with E-state index in [-0.39, 0.29) is 51.4 Å². The Kier molecular flexibility index (Phi) is 11.5. The second kappa shape index (κ2) is 16.4. The number of aryl methyl sites for hydroxylation is 2. The number of amides is 2. The SMILES string of the molecule is CCCCN(C(=O)n1nnc2cc(Cl)c(Cl)cc21)c1ccccc1C(=O)Oc1cc(C(=O)NCCCOc2ccc(C)cc2C)c(O)c2ccccc12. The van der Waals surface area contributed by atoms with Crippen molar-refractivity contribution in [2.45, 2.75) is 40.0 Å². The Hall–Kier alpha value is -5.65. The first-order valence-electron chi connectivity index (χ1n) is 17.1. The quantitative estimate of drug-likeness (QED) is 0.0719. The predicted molar refractivity (Wildman–Crippen MR) is 206 cm³/mol. The van der Waals surface area contributed by atoms with Gasteiger partial charge in [-0.3, -0.25) is 9.69 Å². The number of aromatic hydroxyl groups is 1. The maximum Gasteiger partial charge on any atom is 0.351 e. The van der Waals surface area contributed by atoms with E-state index in [4.69, 9.17) is 32.7 Å². The Morgan fingerprint density at radius 2 is 1.60 bits per heavy atom. The smallest absolute Gasteiger partial charge is 0.351 e. The van der Waals surface area contributed by atoms with Crippen LogP contribution in [0.5, 0.6) is 17.2 Å². The molecule has 2 N–H and O–H groups in total. The van der Waals surface area contributed by atoms with Crippen molar-refractivity contribution in [1.82, 2.24) is 20.3 Å². The van der Waals surface area contributed by atoms with E-state index in [9.17, 15) is 19.5 Å². The van der Waals surface area contributed by atoms with Crippen molar-refractivity contribution in [3.05, 3.63) is 117 Å². The number of rotatable bonds is 12. The number of unbranched alkanes of at least 4 members (excludes halogenated alkanes) is 1. The summed E-state index contributed by atoms with van der Waals surface area (Å²) in [6, 6.07) is 23.1. The van der Waals surface area contributed by atoms with E-state index >= 15 is 0 Å². The molecule has 1 aromatic heterocycles. The van der Waals surface area contributed by atoms with Gasteiger partial charge in [0.25, 0.3) is 5.91 Å². The van der Waals surface area contributed by atoms with Gasteiger partial charge >= 0.3 is 12.0 Å². The number of anilines is 1. The van der Waals surface area contributed by atoms with Crippen molar-refractivity contribution in [2.75, 3.05) is 24.6 Å². The van der Waals surface area contributed by atoms with Crippen LogP contribution in [0.15, 0.2) is 84.9 Å². The zero-order chi connectivity index (χ0) is 37.6. The van der Waals surface area contributed by atoms with Gasteiger partial charge in [-0.2, -0.15) is 4.68 Å². The highest BCUT2D eigenvalue weighted by molar-refractivity contribution is 6.42. The van der Waals surface area contributed by atoms with Crippen LogP contribution in [-0.4, -0.2) is 57.7 Å². The summed E-state index contributed by atoms with van der Waals surface area (Å²) in [5.41, 5.74) is 3.21. The lowest BCUT2D eigenvalue weighted by atomic mass is 10.0. The summed E-state index contributed by atoms with van der Waals surface area (Å²) in [5, 5.41) is 23.4. The first kappa shape index (κ1) is 37.1. The molecule has 5 aromatic carbocycles. The van der Waals surface area contributed by atoms with Gasteiger partial charge in [-0.15, -0.1) is 5.10 Å². The van der Waals surface area contributed by atoms with Crippen LogP contribution in [0.2, 0.25) is 10.0 Å². The highest BCUT2D eigenvalue weighted by atomic mass is 35.5. The molecular weight excluding hydrogens is 717 g/mol. The Bertz CT molecular complexity index is 2340. The fraction of sp³-hybridized carbons (Fsp3) is 0.225. The number of phenolic OH excluding ortho intramolecular Hbond substituents is 1. The highest BCUT2D eigenvalue weighted by Crippen LogP contribution is 2.37. The summed E-state index contributed by atoms with van der Waals surface area (Å²) in [4.78, 5) is 42.9. The van der Waals surface area contributed by atoms with Gasteiger partial charge in [-0.05, 0) is 68.7 Å². The number of carbonyl (C=O) groups is 3. The Labute approximate surface area is 316 Å². The normalized spacial score (nSPS) is 11.1. The molecule has 0 unspecified atom stereocenters. The topological polar surface area (TPSA) is 136 Å². The van der Waals surface area contributed by atoms with Crippen LogP contribution < -0.4 is 19.7 Å². The molecule has 0 aliphatic rings. The standard InChI is InChI=1S/C40H37Cl2N5O6/c1-4-5-18-46(40(51)47-34-23-31(42)30(41)22-32(34)44-45-47)33-14-9-8-13-28(33)39(50)53-36-21-29(37(48)27-12-7-6-11-26(27)36)38(49)43-17-10-19-52-35-16-15-24(2)20-25(35)3/h6-9,11-16,20-23,48H,4-5,10,17-19H2,1-3H3,(H,43,49). The monoisotopic (exact) mass is 753 g/mol. The molecule has 0 radical (unpaired) electrons. The zero-order valence-corrected chi connectivity index (χ0v) is 30.9. The summed E-state index contributed by atoms with van der Waals surface area (Å²) in [6.07, 6.45) is 1.90. The predicted octanol–water partition coefficient (Wildman–Crippen LogP) is 8.91. The number of hydrogen-bond donors (Lipinski definition) is 2. The van der Waals surface area contributed by atoms with E-state index in [0.29, 0.717) is 41.3 Å². The van der Waals surface area contributed by atoms with Crippen molar-refractivity contribution in [1.29, 1.82) is 0 Å². The van der Waals surface area contributed by atoms with Gasteiger partial charge in [0.1, 0.15) is 28.3 Å². The van der Waals surface area contributed by atoms with Crippen molar-refractivity contribution in [3.63, 3.8) is 0 Å². The lowest BCUT2D eigenvalue weighted by Gasteiger charge is -2.24. The van der Waals surface area contributed by atoms with Crippen molar-refractivity contribution >= 4 is 68.6 Å². The maximum absolute atomic E-state index is 14.1. The van der Waals surface area contributed by atoms with E-state index < -0.39 is 17.9 Å². The first-order chi connectivity index (χ1) is 25.6. The Morgan fingerprint density at radius 3 is 2.38 bits per heavy atom. The van der Waals surface area contributed by atoms with Gasteiger partial charge in [0.05, 0.1) is 33.5 Å². The molecule has 0 fully saturated rings. The minimum atomic E-state index is -0.779. The van der Waals surface area contributed by atoms with E-state index in [1.165, 1.54) is 23.1 Å². The number of esters is 1. The van der Waals surface area contributed by atoms with E-state index in [1.807, 2.05) is 39.0 Å². The minimum absolute atomic E-state index is 0.0572. The van der Waals surface area contributed by atoms with Gasteiger partial charge in [-0.1, -0.05) is 95.9 Å². The average molecular weight is 755 g/mol. The number of carbonyl (C=O) groups excluding carboxylic acids is 3. The third-order valence-corrected chi connectivity index (χ3v) is 9.39. The highest BCUT2D eigenvalue weighted by Gasteiger charge is 2.27. The van der Waals surface area contributed by atoms with E-state index in [1.54, 1.807) is 48.5 Å². The van der Waals surface area contributed by atoms with Crippen LogP contribution in [0.25, 0.3) is 21.8 Å². The number of halogens is 2. The molecule has 0 saturated carbocycles. The number of nitrogens with one attached hydrogen (secondary N) is 1. The molecule has 13 heteroatoms. The Balaban J connectivity index is 1.25. The minimum Gasteiger partial charge on any atom is -0.506 e. The van der Waals surface area contributed by atoms with Crippen LogP contribution in [0.1, 0.15) is 58.0 Å². The van der Waals surface area contributed by atoms with Crippen LogP contribution >= 0.6 is 23.2 Å². The van der Waals surface area contributed by atoms with Crippen LogP contribution in [0.4, 0.5) is 10.5 Å². The maximum atomic E-state index is 14.1. The molecule has 0 saturated heterocycles. The van der Waals surface area contributed by atoms with Crippen molar-refractivity contribution in [2.24, 2.45) is 0 Å². The third kappa shape index (κ3) is 8.06. The van der Waals surface area contributed by atoms with Crippen molar-refractivity contribution in [3.8, 4) is 17.2 Å². The number of ether oxygens (including phenoxy) is 2. The lowest BCUT2D eigenvalue weighted by Crippen LogP contribution is -2.37. The summed E-state index contributed by atoms with van der Waals surface area (Å²) in [6.45, 7) is 6.89. The molecule has 0 aliphatic heterocycles. The van der Waals surface area contributed by atoms with Gasteiger partial charge < -0.3 is 19.9 Å². The molecule has 0 aliphatic carbocycles. The Morgan fingerprint density at radius 1 is 0.868 bits per heavy atom. The summed E-state index contributed by atoms with van der Waals surface area (Å²) >= 11 is 12.4. The molecule has 53 heavy (non-hydrogen) atoms. The third-order valence-electron chi connectivity index (χ3n) is 8.67. The number of hydrogen-bond acceptors (Lipinski definition) is 8. The summed E-state index contributed by atoms with van der Waals surface area (Å²) in [5.74, 6) is -0.735.